The number of carbonyl (C=O) groups excluding carboxylic acids is 1. The number of para-hydroxylation sites is 2. The fourth-order valence-electron chi connectivity index (χ4n) is 2.13. The summed E-state index contributed by atoms with van der Waals surface area (Å²) in [4.78, 5) is 24.0. The minimum atomic E-state index is -1.16. The zero-order valence-corrected chi connectivity index (χ0v) is 10.6. The first-order valence-electron chi connectivity index (χ1n) is 6.10. The van der Waals surface area contributed by atoms with Crippen LogP contribution in [0.2, 0.25) is 0 Å². The van der Waals surface area contributed by atoms with E-state index >= 15 is 0 Å². The summed E-state index contributed by atoms with van der Waals surface area (Å²) in [5.41, 5.74) is 0. The van der Waals surface area contributed by atoms with E-state index in [1.165, 1.54) is 12.1 Å². The zero-order valence-electron chi connectivity index (χ0n) is 10.6. The van der Waals surface area contributed by atoms with Gasteiger partial charge in [0.2, 0.25) is 0 Å². The second-order valence-corrected chi connectivity index (χ2v) is 4.55. The Morgan fingerprint density at radius 1 is 1.35 bits per heavy atom. The van der Waals surface area contributed by atoms with E-state index in [2.05, 4.69) is 0 Å². The van der Waals surface area contributed by atoms with Crippen molar-refractivity contribution < 1.29 is 29.6 Å². The molecule has 108 valence electrons. The topological polar surface area (TPSA) is 107 Å². The lowest BCUT2D eigenvalue weighted by atomic mass is 10.2. The van der Waals surface area contributed by atoms with E-state index in [1.807, 2.05) is 0 Å². The Kier molecular flexibility index (Phi) is 4.09. The van der Waals surface area contributed by atoms with Gasteiger partial charge in [-0.25, -0.2) is 4.79 Å². The van der Waals surface area contributed by atoms with E-state index in [9.17, 15) is 19.8 Å². The molecule has 1 saturated heterocycles. The van der Waals surface area contributed by atoms with Crippen LogP contribution in [0.15, 0.2) is 24.3 Å². The van der Waals surface area contributed by atoms with Crippen molar-refractivity contribution in [2.75, 3.05) is 13.2 Å². The summed E-state index contributed by atoms with van der Waals surface area (Å²) in [7, 11) is 0. The standard InChI is InChI=1S/C13H15NO6/c15-8-5-9(13(18)19)14(6-8)12(17)7-20-11-4-2-1-3-10(11)16/h1-4,8-9,15-16H,5-7H2,(H,18,19)/t8-,9+/m1/s1. The molecule has 1 aromatic carbocycles. The van der Waals surface area contributed by atoms with Crippen LogP contribution in [0.25, 0.3) is 0 Å². The van der Waals surface area contributed by atoms with Crippen LogP contribution in [0, 0.1) is 0 Å². The lowest BCUT2D eigenvalue weighted by molar-refractivity contribution is -0.149. The Labute approximate surface area is 115 Å². The summed E-state index contributed by atoms with van der Waals surface area (Å²) in [6.07, 6.45) is -0.831. The second-order valence-electron chi connectivity index (χ2n) is 4.55. The monoisotopic (exact) mass is 281 g/mol. The Bertz CT molecular complexity index is 517. The summed E-state index contributed by atoms with van der Waals surface area (Å²) >= 11 is 0. The molecule has 2 rings (SSSR count). The van der Waals surface area contributed by atoms with Crippen LogP contribution in [0.1, 0.15) is 6.42 Å². The SMILES string of the molecule is O=C(O)[C@@H]1C[C@@H](O)CN1C(=O)COc1ccccc1O. The highest BCUT2D eigenvalue weighted by molar-refractivity contribution is 5.85. The second kappa shape index (κ2) is 5.79. The minimum absolute atomic E-state index is 0.0116. The van der Waals surface area contributed by atoms with Crippen molar-refractivity contribution in [2.45, 2.75) is 18.6 Å². The first kappa shape index (κ1) is 14.1. The van der Waals surface area contributed by atoms with Crippen molar-refractivity contribution >= 4 is 11.9 Å². The molecule has 1 aliphatic heterocycles. The number of ether oxygens (including phenoxy) is 1. The molecule has 1 aromatic rings. The number of likely N-dealkylation sites (tertiary alicyclic amines) is 1. The molecule has 7 heteroatoms. The lowest BCUT2D eigenvalue weighted by Gasteiger charge is -2.21. The molecule has 0 unspecified atom stereocenters. The fraction of sp³-hybridized carbons (Fsp3) is 0.385. The van der Waals surface area contributed by atoms with Crippen LogP contribution in [-0.4, -0.2) is 57.4 Å². The molecular weight excluding hydrogens is 266 g/mol. The summed E-state index contributed by atoms with van der Waals surface area (Å²) in [5, 5.41) is 27.9. The average molecular weight is 281 g/mol. The van der Waals surface area contributed by atoms with Crippen LogP contribution in [0.5, 0.6) is 11.5 Å². The molecule has 0 radical (unpaired) electrons. The maximum Gasteiger partial charge on any atom is 0.326 e. The number of aliphatic carboxylic acids is 1. The Morgan fingerprint density at radius 2 is 2.05 bits per heavy atom. The number of phenols is 1. The number of aromatic hydroxyl groups is 1. The molecule has 1 fully saturated rings. The Hall–Kier alpha value is -2.28. The number of hydrogen-bond donors (Lipinski definition) is 3. The van der Waals surface area contributed by atoms with E-state index in [0.717, 1.165) is 4.90 Å². The predicted octanol–water partition coefficient (Wildman–Crippen LogP) is -0.183. The van der Waals surface area contributed by atoms with Crippen LogP contribution >= 0.6 is 0 Å². The fourth-order valence-corrected chi connectivity index (χ4v) is 2.13. The van der Waals surface area contributed by atoms with E-state index < -0.39 is 30.6 Å². The van der Waals surface area contributed by atoms with E-state index in [-0.39, 0.29) is 24.5 Å². The summed E-state index contributed by atoms with van der Waals surface area (Å²) in [5.74, 6) is -1.65. The molecule has 1 heterocycles. The van der Waals surface area contributed by atoms with Crippen molar-refractivity contribution in [3.05, 3.63) is 24.3 Å². The van der Waals surface area contributed by atoms with Crippen molar-refractivity contribution in [1.82, 2.24) is 4.90 Å². The van der Waals surface area contributed by atoms with Crippen LogP contribution < -0.4 is 4.74 Å². The third-order valence-corrected chi connectivity index (χ3v) is 3.10. The van der Waals surface area contributed by atoms with Crippen molar-refractivity contribution in [1.29, 1.82) is 0 Å². The van der Waals surface area contributed by atoms with Gasteiger partial charge in [-0.1, -0.05) is 12.1 Å². The average Bonchev–Trinajstić information content (AvgIpc) is 2.80. The highest BCUT2D eigenvalue weighted by Gasteiger charge is 2.38. The largest absolute Gasteiger partial charge is 0.504 e. The van der Waals surface area contributed by atoms with Crippen molar-refractivity contribution in [2.24, 2.45) is 0 Å². The highest BCUT2D eigenvalue weighted by atomic mass is 16.5. The van der Waals surface area contributed by atoms with Gasteiger partial charge in [0.1, 0.15) is 6.04 Å². The number of benzene rings is 1. The summed E-state index contributed by atoms with van der Waals surface area (Å²) in [6.45, 7) is -0.423. The molecule has 7 nitrogen and oxygen atoms in total. The number of rotatable bonds is 4. The molecular formula is C13H15NO6. The maximum absolute atomic E-state index is 11.9. The van der Waals surface area contributed by atoms with Gasteiger partial charge in [-0.3, -0.25) is 4.79 Å². The van der Waals surface area contributed by atoms with Gasteiger partial charge in [0, 0.05) is 13.0 Å². The van der Waals surface area contributed by atoms with Crippen molar-refractivity contribution in [3.8, 4) is 11.5 Å². The van der Waals surface area contributed by atoms with Gasteiger partial charge in [-0.2, -0.15) is 0 Å². The number of carbonyl (C=O) groups is 2. The molecule has 3 N–H and O–H groups in total. The zero-order chi connectivity index (χ0) is 14.7. The lowest BCUT2D eigenvalue weighted by Crippen LogP contribution is -2.42. The summed E-state index contributed by atoms with van der Waals surface area (Å²) in [6, 6.07) is 5.13. The number of amides is 1. The number of carboxylic acids is 1. The summed E-state index contributed by atoms with van der Waals surface area (Å²) < 4.78 is 5.16. The molecule has 1 amide bonds. The van der Waals surface area contributed by atoms with Gasteiger partial charge in [0.25, 0.3) is 5.91 Å². The molecule has 0 saturated carbocycles. The van der Waals surface area contributed by atoms with Gasteiger partial charge in [0.15, 0.2) is 18.1 Å². The van der Waals surface area contributed by atoms with E-state index in [1.54, 1.807) is 12.1 Å². The number of β-amino-alcohol motifs (C(OH)–C–C–N with tert-alkyl or cyclic N) is 1. The number of phenolic OH excluding ortho intramolecular Hbond substituents is 1. The number of carboxylic acid groups (broad SMARTS) is 1. The number of hydrogen-bond acceptors (Lipinski definition) is 5. The third-order valence-electron chi connectivity index (χ3n) is 3.10. The smallest absolute Gasteiger partial charge is 0.326 e. The van der Waals surface area contributed by atoms with Gasteiger partial charge in [0.05, 0.1) is 6.10 Å². The number of aliphatic hydroxyl groups is 1. The van der Waals surface area contributed by atoms with E-state index in [0.29, 0.717) is 0 Å². The molecule has 0 aliphatic carbocycles. The number of aliphatic hydroxyl groups excluding tert-OH is 1. The van der Waals surface area contributed by atoms with Crippen LogP contribution in [0.3, 0.4) is 0 Å². The predicted molar refractivity (Wildman–Crippen MR) is 67.4 cm³/mol. The van der Waals surface area contributed by atoms with Crippen molar-refractivity contribution in [3.63, 3.8) is 0 Å². The van der Waals surface area contributed by atoms with Gasteiger partial charge < -0.3 is 25.0 Å². The quantitative estimate of drug-likeness (QED) is 0.706. The first-order valence-corrected chi connectivity index (χ1v) is 6.10. The highest BCUT2D eigenvalue weighted by Crippen LogP contribution is 2.25. The molecule has 1 aliphatic rings. The molecule has 2 atom stereocenters. The van der Waals surface area contributed by atoms with Gasteiger partial charge in [-0.05, 0) is 12.1 Å². The number of nitrogens with zero attached hydrogens (tertiary/aromatic N) is 1. The molecule has 0 spiro atoms. The van der Waals surface area contributed by atoms with E-state index in [4.69, 9.17) is 9.84 Å². The normalized spacial score (nSPS) is 21.8. The molecule has 0 aromatic heterocycles. The maximum atomic E-state index is 11.9. The molecule has 0 bridgehead atoms. The Morgan fingerprint density at radius 3 is 2.70 bits per heavy atom. The van der Waals surface area contributed by atoms with Gasteiger partial charge >= 0.3 is 5.97 Å². The Balaban J connectivity index is 1.98. The van der Waals surface area contributed by atoms with Crippen LogP contribution in [-0.2, 0) is 9.59 Å². The first-order chi connectivity index (χ1) is 9.49. The molecule has 20 heavy (non-hydrogen) atoms. The van der Waals surface area contributed by atoms with Gasteiger partial charge in [-0.15, -0.1) is 0 Å². The van der Waals surface area contributed by atoms with Crippen LogP contribution in [0.4, 0.5) is 0 Å². The third kappa shape index (κ3) is 3.00. The minimum Gasteiger partial charge on any atom is -0.504 e.